The van der Waals surface area contributed by atoms with Gasteiger partial charge in [0.15, 0.2) is 0 Å². The highest BCUT2D eigenvalue weighted by atomic mass is 32.1. The largest absolute Gasteiger partial charge is 0.508 e. The molecule has 5 heteroatoms. The van der Waals surface area contributed by atoms with Crippen molar-refractivity contribution >= 4 is 23.5 Å². The summed E-state index contributed by atoms with van der Waals surface area (Å²) in [6.07, 6.45) is 4.54. The summed E-state index contributed by atoms with van der Waals surface area (Å²) in [7, 11) is 0. The van der Waals surface area contributed by atoms with Crippen molar-refractivity contribution in [2.45, 2.75) is 17.7 Å². The lowest BCUT2D eigenvalue weighted by Gasteiger charge is -2.04. The number of phenols is 1. The van der Waals surface area contributed by atoms with Crippen molar-refractivity contribution in [3.05, 3.63) is 42.6 Å². The van der Waals surface area contributed by atoms with Gasteiger partial charge in [0.25, 0.3) is 0 Å². The second kappa shape index (κ2) is 6.85. The molecule has 0 atom stereocenters. The molecule has 0 saturated carbocycles. The van der Waals surface area contributed by atoms with Gasteiger partial charge < -0.3 is 10.4 Å². The average molecular weight is 313 g/mol. The van der Waals surface area contributed by atoms with Gasteiger partial charge in [0.1, 0.15) is 5.75 Å². The van der Waals surface area contributed by atoms with Crippen LogP contribution in [0.3, 0.4) is 0 Å². The summed E-state index contributed by atoms with van der Waals surface area (Å²) in [4.78, 5) is 0.888. The maximum absolute atomic E-state index is 9.27. The molecule has 4 nitrogen and oxygen atoms in total. The summed E-state index contributed by atoms with van der Waals surface area (Å²) in [5, 5.41) is 20.4. The first-order chi connectivity index (χ1) is 10.7. The van der Waals surface area contributed by atoms with Gasteiger partial charge in [0.2, 0.25) is 0 Å². The van der Waals surface area contributed by atoms with Gasteiger partial charge in [-0.05, 0) is 61.3 Å². The molecule has 0 unspecified atom stereocenters. The van der Waals surface area contributed by atoms with Crippen LogP contribution in [0.1, 0.15) is 12.8 Å². The molecule has 3 aromatic rings. The molecule has 1 aliphatic rings. The third-order valence-corrected chi connectivity index (χ3v) is 4.06. The van der Waals surface area contributed by atoms with E-state index in [1.54, 1.807) is 18.3 Å². The zero-order valence-electron chi connectivity index (χ0n) is 12.2. The molecule has 0 radical (unpaired) electrons. The summed E-state index contributed by atoms with van der Waals surface area (Å²) in [6.45, 7) is 2.50. The number of aromatic nitrogens is 2. The molecule has 1 fully saturated rings. The number of fused-ring (bicyclic) bond motifs is 1. The second-order valence-corrected chi connectivity index (χ2v) is 5.81. The average Bonchev–Trinajstić information content (AvgIpc) is 3.22. The Morgan fingerprint density at radius 1 is 1.00 bits per heavy atom. The Bertz CT molecular complexity index is 741. The number of nitrogens with zero attached hydrogens (tertiary/aromatic N) is 1. The van der Waals surface area contributed by atoms with Crippen molar-refractivity contribution in [2.75, 3.05) is 13.1 Å². The van der Waals surface area contributed by atoms with Crippen molar-refractivity contribution in [1.29, 1.82) is 0 Å². The van der Waals surface area contributed by atoms with Crippen LogP contribution in [0.5, 0.6) is 5.75 Å². The van der Waals surface area contributed by atoms with Gasteiger partial charge in [-0.1, -0.05) is 12.1 Å². The first-order valence-electron chi connectivity index (χ1n) is 7.40. The molecule has 2 heterocycles. The number of nitrogens with one attached hydrogen (secondary N) is 2. The SMILES string of the molecule is C1CCNC1.Oc1ccc(-c2cc(S)c3cn[nH]c3c2)cc1. The molecular formula is C17H19N3OS. The van der Waals surface area contributed by atoms with Gasteiger partial charge >= 0.3 is 0 Å². The van der Waals surface area contributed by atoms with E-state index in [1.165, 1.54) is 25.9 Å². The number of hydrogen-bond acceptors (Lipinski definition) is 4. The maximum Gasteiger partial charge on any atom is 0.115 e. The zero-order chi connectivity index (χ0) is 15.4. The van der Waals surface area contributed by atoms with Crippen molar-refractivity contribution in [3.8, 4) is 16.9 Å². The molecule has 3 N–H and O–H groups in total. The Morgan fingerprint density at radius 3 is 2.36 bits per heavy atom. The quantitative estimate of drug-likeness (QED) is 0.519. The molecule has 1 aromatic heterocycles. The lowest BCUT2D eigenvalue weighted by Crippen LogP contribution is -2.03. The van der Waals surface area contributed by atoms with Crippen LogP contribution in [0.15, 0.2) is 47.5 Å². The van der Waals surface area contributed by atoms with Crippen molar-refractivity contribution in [2.24, 2.45) is 0 Å². The predicted molar refractivity (Wildman–Crippen MR) is 92.6 cm³/mol. The van der Waals surface area contributed by atoms with Crippen LogP contribution in [-0.4, -0.2) is 28.4 Å². The highest BCUT2D eigenvalue weighted by molar-refractivity contribution is 7.80. The fourth-order valence-corrected chi connectivity index (χ4v) is 2.80. The Balaban J connectivity index is 0.000000246. The molecule has 4 rings (SSSR count). The van der Waals surface area contributed by atoms with Gasteiger partial charge in [-0.15, -0.1) is 12.6 Å². The minimum absolute atomic E-state index is 0.266. The van der Waals surface area contributed by atoms with Gasteiger partial charge in [-0.3, -0.25) is 5.10 Å². The molecule has 0 amide bonds. The van der Waals surface area contributed by atoms with Crippen molar-refractivity contribution in [3.63, 3.8) is 0 Å². The third kappa shape index (κ3) is 3.43. The Hall–Kier alpha value is -1.98. The summed E-state index contributed by atoms with van der Waals surface area (Å²) in [5.74, 6) is 0.266. The van der Waals surface area contributed by atoms with Crippen molar-refractivity contribution < 1.29 is 5.11 Å². The van der Waals surface area contributed by atoms with E-state index in [-0.39, 0.29) is 5.75 Å². The van der Waals surface area contributed by atoms with Crippen LogP contribution in [-0.2, 0) is 0 Å². The van der Waals surface area contributed by atoms with E-state index in [1.807, 2.05) is 24.3 Å². The number of rotatable bonds is 1. The van der Waals surface area contributed by atoms with Crippen LogP contribution in [0, 0.1) is 0 Å². The highest BCUT2D eigenvalue weighted by Crippen LogP contribution is 2.29. The number of H-pyrrole nitrogens is 1. The molecule has 1 saturated heterocycles. The van der Waals surface area contributed by atoms with Gasteiger partial charge in [0.05, 0.1) is 11.7 Å². The molecule has 0 spiro atoms. The van der Waals surface area contributed by atoms with Gasteiger partial charge in [0, 0.05) is 10.3 Å². The van der Waals surface area contributed by atoms with Gasteiger partial charge in [-0.2, -0.15) is 5.10 Å². The Labute approximate surface area is 135 Å². The van der Waals surface area contributed by atoms with E-state index in [4.69, 9.17) is 0 Å². The zero-order valence-corrected chi connectivity index (χ0v) is 13.1. The lowest BCUT2D eigenvalue weighted by molar-refractivity contribution is 0.475. The fourth-order valence-electron chi connectivity index (χ4n) is 2.48. The summed E-state index contributed by atoms with van der Waals surface area (Å²) >= 11 is 4.45. The highest BCUT2D eigenvalue weighted by Gasteiger charge is 2.05. The number of thiol groups is 1. The number of benzene rings is 2. The van der Waals surface area contributed by atoms with E-state index in [0.717, 1.165) is 26.9 Å². The molecule has 0 aliphatic carbocycles. The summed E-state index contributed by atoms with van der Waals surface area (Å²) in [5.41, 5.74) is 3.04. The molecule has 1 aliphatic heterocycles. The minimum Gasteiger partial charge on any atom is -0.508 e. The van der Waals surface area contributed by atoms with Crippen LogP contribution in [0.25, 0.3) is 22.0 Å². The third-order valence-electron chi connectivity index (χ3n) is 3.69. The van der Waals surface area contributed by atoms with E-state index >= 15 is 0 Å². The van der Waals surface area contributed by atoms with Crippen molar-refractivity contribution in [1.82, 2.24) is 15.5 Å². The van der Waals surface area contributed by atoms with Crippen LogP contribution < -0.4 is 5.32 Å². The van der Waals surface area contributed by atoms with Crippen LogP contribution in [0.4, 0.5) is 0 Å². The number of aromatic amines is 1. The van der Waals surface area contributed by atoms with E-state index in [2.05, 4.69) is 28.1 Å². The summed E-state index contributed by atoms with van der Waals surface area (Å²) < 4.78 is 0. The maximum atomic E-state index is 9.27. The standard InChI is InChI=1S/C13H10N2OS.C4H9N/c16-10-3-1-8(2-4-10)9-5-12-11(7-14-15-12)13(17)6-9;1-2-4-5-3-1/h1-7,16-17H,(H,14,15);5H,1-4H2. The topological polar surface area (TPSA) is 60.9 Å². The first-order valence-corrected chi connectivity index (χ1v) is 7.85. The Kier molecular flexibility index (Phi) is 4.65. The Morgan fingerprint density at radius 2 is 1.73 bits per heavy atom. The lowest BCUT2D eigenvalue weighted by atomic mass is 10.0. The predicted octanol–water partition coefficient (Wildman–Crippen LogP) is 3.59. The summed E-state index contributed by atoms with van der Waals surface area (Å²) in [6, 6.07) is 11.1. The molecule has 2 aromatic carbocycles. The number of aromatic hydroxyl groups is 1. The van der Waals surface area contributed by atoms with E-state index in [0.29, 0.717) is 0 Å². The molecule has 114 valence electrons. The normalized spacial score (nSPS) is 13.9. The van der Waals surface area contributed by atoms with Crippen LogP contribution in [0.2, 0.25) is 0 Å². The monoisotopic (exact) mass is 313 g/mol. The van der Waals surface area contributed by atoms with Crippen LogP contribution >= 0.6 is 12.6 Å². The second-order valence-electron chi connectivity index (χ2n) is 5.33. The molecular weight excluding hydrogens is 294 g/mol. The number of phenolic OH excluding ortho intramolecular Hbond substituents is 1. The van der Waals surface area contributed by atoms with Gasteiger partial charge in [-0.25, -0.2) is 0 Å². The first kappa shape index (κ1) is 14.9. The smallest absolute Gasteiger partial charge is 0.115 e. The fraction of sp³-hybridized carbons (Fsp3) is 0.235. The van der Waals surface area contributed by atoms with E-state index < -0.39 is 0 Å². The molecule has 0 bridgehead atoms. The molecule has 22 heavy (non-hydrogen) atoms. The minimum atomic E-state index is 0.266. The van der Waals surface area contributed by atoms with E-state index in [9.17, 15) is 5.11 Å². The number of hydrogen-bond donors (Lipinski definition) is 4.